The third kappa shape index (κ3) is 3.01. The summed E-state index contributed by atoms with van der Waals surface area (Å²) in [6.45, 7) is 4.17. The van der Waals surface area contributed by atoms with Crippen LogP contribution in [-0.4, -0.2) is 25.8 Å². The number of nitrogens with zero attached hydrogens (tertiary/aromatic N) is 1. The van der Waals surface area contributed by atoms with Crippen LogP contribution in [0.4, 0.5) is 5.69 Å². The molecule has 1 aromatic carbocycles. The van der Waals surface area contributed by atoms with E-state index in [1.807, 2.05) is 0 Å². The van der Waals surface area contributed by atoms with Gasteiger partial charge in [-0.15, -0.1) is 0 Å². The van der Waals surface area contributed by atoms with Gasteiger partial charge in [-0.25, -0.2) is 0 Å². The predicted octanol–water partition coefficient (Wildman–Crippen LogP) is 4.24. The van der Waals surface area contributed by atoms with Crippen molar-refractivity contribution >= 4 is 33.2 Å². The summed E-state index contributed by atoms with van der Waals surface area (Å²) < 4.78 is 5.62. The zero-order chi connectivity index (χ0) is 13.2. The lowest BCUT2D eigenvalue weighted by Crippen LogP contribution is -2.47. The van der Waals surface area contributed by atoms with Crippen LogP contribution in [0, 0.1) is 0 Å². The van der Waals surface area contributed by atoms with E-state index >= 15 is 0 Å². The van der Waals surface area contributed by atoms with Gasteiger partial charge in [0, 0.05) is 36.2 Å². The van der Waals surface area contributed by atoms with Crippen LogP contribution in [0.25, 0.3) is 0 Å². The molecular weight excluding hydrogens is 314 g/mol. The lowest BCUT2D eigenvalue weighted by atomic mass is 9.94. The molecule has 0 aliphatic carbocycles. The molecule has 1 aliphatic heterocycles. The highest BCUT2D eigenvalue weighted by Crippen LogP contribution is 2.31. The zero-order valence-corrected chi connectivity index (χ0v) is 13.2. The minimum Gasteiger partial charge on any atom is -0.377 e. The van der Waals surface area contributed by atoms with Crippen LogP contribution < -0.4 is 4.90 Å². The molecular formula is C14H19BrClNO. The average molecular weight is 333 g/mol. The first kappa shape index (κ1) is 14.2. The molecule has 4 heteroatoms. The predicted molar refractivity (Wildman–Crippen MR) is 80.9 cm³/mol. The van der Waals surface area contributed by atoms with Gasteiger partial charge < -0.3 is 9.64 Å². The molecule has 0 aromatic heterocycles. The van der Waals surface area contributed by atoms with Crippen LogP contribution in [0.2, 0.25) is 5.02 Å². The lowest BCUT2D eigenvalue weighted by molar-refractivity contribution is -0.00465. The van der Waals surface area contributed by atoms with Gasteiger partial charge in [0.2, 0.25) is 0 Å². The zero-order valence-electron chi connectivity index (χ0n) is 10.9. The summed E-state index contributed by atoms with van der Waals surface area (Å²) in [7, 11) is 1.80. The van der Waals surface area contributed by atoms with Gasteiger partial charge in [0.05, 0.1) is 5.60 Å². The molecule has 1 atom stereocenters. The molecule has 1 heterocycles. The second kappa shape index (κ2) is 5.81. The quantitative estimate of drug-likeness (QED) is 0.768. The standard InChI is InChI=1S/C14H19BrClNO/c1-14(18-2)6-3-7-17(10-14)12-5-4-11(9-15)13(16)8-12/h4-5,8H,3,6-7,9-10H2,1-2H3. The first-order chi connectivity index (χ1) is 8.58. The monoisotopic (exact) mass is 331 g/mol. The Bertz CT molecular complexity index is 426. The lowest BCUT2D eigenvalue weighted by Gasteiger charge is -2.40. The molecule has 0 spiro atoms. The van der Waals surface area contributed by atoms with Crippen molar-refractivity contribution in [1.29, 1.82) is 0 Å². The first-order valence-electron chi connectivity index (χ1n) is 6.22. The van der Waals surface area contributed by atoms with Crippen molar-refractivity contribution in [3.63, 3.8) is 0 Å². The van der Waals surface area contributed by atoms with E-state index in [1.54, 1.807) is 7.11 Å². The molecule has 0 amide bonds. The van der Waals surface area contributed by atoms with Crippen LogP contribution in [0.15, 0.2) is 18.2 Å². The number of ether oxygens (including phenoxy) is 1. The molecule has 0 N–H and O–H groups in total. The van der Waals surface area contributed by atoms with Crippen LogP contribution in [-0.2, 0) is 10.1 Å². The second-order valence-electron chi connectivity index (χ2n) is 5.09. The Balaban J connectivity index is 2.18. The molecule has 2 nitrogen and oxygen atoms in total. The number of benzene rings is 1. The van der Waals surface area contributed by atoms with Crippen LogP contribution in [0.3, 0.4) is 0 Å². The third-order valence-corrected chi connectivity index (χ3v) is 4.65. The molecule has 1 saturated heterocycles. The fourth-order valence-corrected chi connectivity index (χ4v) is 3.33. The molecule has 0 bridgehead atoms. The molecule has 100 valence electrons. The van der Waals surface area contributed by atoms with E-state index in [4.69, 9.17) is 16.3 Å². The van der Waals surface area contributed by atoms with Crippen molar-refractivity contribution in [2.75, 3.05) is 25.1 Å². The van der Waals surface area contributed by atoms with E-state index < -0.39 is 0 Å². The highest BCUT2D eigenvalue weighted by atomic mass is 79.9. The SMILES string of the molecule is COC1(C)CCCN(c2ccc(CBr)c(Cl)c2)C1. The summed E-state index contributed by atoms with van der Waals surface area (Å²) in [6, 6.07) is 6.29. The summed E-state index contributed by atoms with van der Waals surface area (Å²) in [6.07, 6.45) is 2.27. The van der Waals surface area contributed by atoms with Crippen LogP contribution in [0.1, 0.15) is 25.3 Å². The summed E-state index contributed by atoms with van der Waals surface area (Å²) in [5, 5.41) is 1.62. The Morgan fingerprint density at radius 2 is 2.28 bits per heavy atom. The number of hydrogen-bond acceptors (Lipinski definition) is 2. The van der Waals surface area contributed by atoms with Crippen molar-refractivity contribution in [2.45, 2.75) is 30.7 Å². The van der Waals surface area contributed by atoms with E-state index in [0.717, 1.165) is 41.8 Å². The van der Waals surface area contributed by atoms with Gasteiger partial charge in [0.15, 0.2) is 0 Å². The summed E-state index contributed by atoms with van der Waals surface area (Å²) in [4.78, 5) is 2.36. The van der Waals surface area contributed by atoms with Crippen molar-refractivity contribution in [3.8, 4) is 0 Å². The molecule has 2 rings (SSSR count). The van der Waals surface area contributed by atoms with Crippen molar-refractivity contribution < 1.29 is 4.74 Å². The average Bonchev–Trinajstić information content (AvgIpc) is 2.39. The Labute approximate surface area is 122 Å². The molecule has 1 unspecified atom stereocenters. The topological polar surface area (TPSA) is 12.5 Å². The molecule has 0 saturated carbocycles. The Hall–Kier alpha value is -0.250. The smallest absolute Gasteiger partial charge is 0.0825 e. The third-order valence-electron chi connectivity index (χ3n) is 3.70. The number of piperidine rings is 1. The number of methoxy groups -OCH3 is 1. The number of alkyl halides is 1. The number of rotatable bonds is 3. The molecule has 1 aromatic rings. The van der Waals surface area contributed by atoms with Gasteiger partial charge in [0.1, 0.15) is 0 Å². The minimum absolute atomic E-state index is 0.0428. The molecule has 18 heavy (non-hydrogen) atoms. The maximum atomic E-state index is 6.27. The minimum atomic E-state index is -0.0428. The van der Waals surface area contributed by atoms with Crippen LogP contribution in [0.5, 0.6) is 0 Å². The van der Waals surface area contributed by atoms with Crippen molar-refractivity contribution in [2.24, 2.45) is 0 Å². The molecule has 0 radical (unpaired) electrons. The number of anilines is 1. The summed E-state index contributed by atoms with van der Waals surface area (Å²) >= 11 is 9.71. The van der Waals surface area contributed by atoms with Gasteiger partial charge in [-0.3, -0.25) is 0 Å². The Kier molecular flexibility index (Phi) is 4.57. The fourth-order valence-electron chi connectivity index (χ4n) is 2.43. The largest absolute Gasteiger partial charge is 0.377 e. The van der Waals surface area contributed by atoms with Crippen molar-refractivity contribution in [1.82, 2.24) is 0 Å². The maximum absolute atomic E-state index is 6.27. The Morgan fingerprint density at radius 3 is 2.89 bits per heavy atom. The second-order valence-corrected chi connectivity index (χ2v) is 6.06. The van der Waals surface area contributed by atoms with Crippen molar-refractivity contribution in [3.05, 3.63) is 28.8 Å². The van der Waals surface area contributed by atoms with E-state index in [0.29, 0.717) is 0 Å². The fraction of sp³-hybridized carbons (Fsp3) is 0.571. The normalized spacial score (nSPS) is 24.3. The number of hydrogen-bond donors (Lipinski definition) is 0. The summed E-state index contributed by atoms with van der Waals surface area (Å²) in [5.74, 6) is 0. The Morgan fingerprint density at radius 1 is 1.50 bits per heavy atom. The van der Waals surface area contributed by atoms with Gasteiger partial charge >= 0.3 is 0 Å². The van der Waals surface area contributed by atoms with E-state index in [-0.39, 0.29) is 5.60 Å². The highest BCUT2D eigenvalue weighted by Gasteiger charge is 2.30. The molecule has 1 fully saturated rings. The maximum Gasteiger partial charge on any atom is 0.0825 e. The van der Waals surface area contributed by atoms with Gasteiger partial charge in [-0.1, -0.05) is 33.6 Å². The molecule has 1 aliphatic rings. The first-order valence-corrected chi connectivity index (χ1v) is 7.72. The summed E-state index contributed by atoms with van der Waals surface area (Å²) in [5.41, 5.74) is 2.28. The van der Waals surface area contributed by atoms with Crippen LogP contribution >= 0.6 is 27.5 Å². The number of halogens is 2. The van der Waals surface area contributed by atoms with E-state index in [9.17, 15) is 0 Å². The van der Waals surface area contributed by atoms with E-state index in [2.05, 4.69) is 46.0 Å². The van der Waals surface area contributed by atoms with Gasteiger partial charge in [-0.05, 0) is 37.5 Å². The highest BCUT2D eigenvalue weighted by molar-refractivity contribution is 9.08. The van der Waals surface area contributed by atoms with Gasteiger partial charge in [-0.2, -0.15) is 0 Å². The van der Waals surface area contributed by atoms with E-state index in [1.165, 1.54) is 5.69 Å². The van der Waals surface area contributed by atoms with Gasteiger partial charge in [0.25, 0.3) is 0 Å².